The monoisotopic (exact) mass is 279 g/mol. The van der Waals surface area contributed by atoms with Crippen LogP contribution in [-0.2, 0) is 0 Å². The lowest BCUT2D eigenvalue weighted by atomic mass is 9.97. The molecule has 0 aliphatic carbocycles. The fraction of sp³-hybridized carbons (Fsp3) is 0.467. The predicted octanol–water partition coefficient (Wildman–Crippen LogP) is 2.03. The number of allylic oxidation sites excluding steroid dienone is 1. The Kier molecular flexibility index (Phi) is 4.98. The number of anilines is 1. The van der Waals surface area contributed by atoms with Gasteiger partial charge in [0.1, 0.15) is 11.6 Å². The summed E-state index contributed by atoms with van der Waals surface area (Å²) in [6.07, 6.45) is 3.44. The van der Waals surface area contributed by atoms with Gasteiger partial charge in [0.15, 0.2) is 0 Å². The number of phenolic OH excluding ortho intramolecular Hbond substituents is 1. The first kappa shape index (κ1) is 14.8. The average Bonchev–Trinajstić information content (AvgIpc) is 2.45. The lowest BCUT2D eigenvalue weighted by molar-refractivity contribution is 0.163. The normalized spacial score (nSPS) is 17.9. The first-order valence-electron chi connectivity index (χ1n) is 6.97. The van der Waals surface area contributed by atoms with Crippen molar-refractivity contribution in [3.05, 3.63) is 36.2 Å². The number of phenols is 1. The third-order valence-electron chi connectivity index (χ3n) is 3.73. The number of halogens is 1. The largest absolute Gasteiger partial charge is 0.505 e. The summed E-state index contributed by atoms with van der Waals surface area (Å²) in [6, 6.07) is 2.51. The van der Waals surface area contributed by atoms with E-state index in [4.69, 9.17) is 5.73 Å². The molecule has 4 N–H and O–H groups in total. The quantitative estimate of drug-likeness (QED) is 0.438. The second-order valence-electron chi connectivity index (χ2n) is 5.10. The topological polar surface area (TPSA) is 61.5 Å². The van der Waals surface area contributed by atoms with E-state index >= 15 is 0 Å². The van der Waals surface area contributed by atoms with Gasteiger partial charge >= 0.3 is 0 Å². The molecule has 1 saturated heterocycles. The third kappa shape index (κ3) is 3.29. The van der Waals surface area contributed by atoms with E-state index in [0.717, 1.165) is 45.1 Å². The number of nitrogens with zero attached hydrogens (tertiary/aromatic N) is 1. The summed E-state index contributed by atoms with van der Waals surface area (Å²) >= 11 is 0. The van der Waals surface area contributed by atoms with Crippen molar-refractivity contribution in [2.45, 2.75) is 18.9 Å². The molecule has 20 heavy (non-hydrogen) atoms. The number of nitrogens with two attached hydrogens (primary N) is 1. The third-order valence-corrected chi connectivity index (χ3v) is 3.73. The molecular weight excluding hydrogens is 257 g/mol. The Bertz CT molecular complexity index is 472. The highest BCUT2D eigenvalue weighted by Crippen LogP contribution is 2.36. The molecule has 1 heterocycles. The molecule has 0 spiro atoms. The number of piperazine rings is 1. The van der Waals surface area contributed by atoms with Crippen LogP contribution in [-0.4, -0.2) is 36.2 Å². The summed E-state index contributed by atoms with van der Waals surface area (Å²) in [5.74, 6) is -0.409. The number of nitrogens with one attached hydrogen (secondary N) is 1. The molecule has 0 aromatic heterocycles. The highest BCUT2D eigenvalue weighted by molar-refractivity contribution is 5.57. The van der Waals surface area contributed by atoms with Crippen LogP contribution in [0.25, 0.3) is 0 Å². The van der Waals surface area contributed by atoms with Gasteiger partial charge in [0.05, 0.1) is 5.69 Å². The molecule has 1 aromatic rings. The van der Waals surface area contributed by atoms with Crippen molar-refractivity contribution in [3.8, 4) is 5.75 Å². The maximum atomic E-state index is 13.6. The van der Waals surface area contributed by atoms with Gasteiger partial charge in [0.2, 0.25) is 0 Å². The van der Waals surface area contributed by atoms with Crippen molar-refractivity contribution in [1.29, 1.82) is 0 Å². The molecule has 0 radical (unpaired) electrons. The molecule has 1 fully saturated rings. The first-order chi connectivity index (χ1) is 9.63. The second-order valence-corrected chi connectivity index (χ2v) is 5.10. The summed E-state index contributed by atoms with van der Waals surface area (Å²) in [5.41, 5.74) is 6.35. The van der Waals surface area contributed by atoms with Crippen molar-refractivity contribution < 1.29 is 9.50 Å². The van der Waals surface area contributed by atoms with Crippen LogP contribution >= 0.6 is 0 Å². The minimum atomic E-state index is -0.408. The number of nitrogen functional groups attached to an aromatic ring is 1. The van der Waals surface area contributed by atoms with Gasteiger partial charge in [-0.05, 0) is 18.9 Å². The summed E-state index contributed by atoms with van der Waals surface area (Å²) < 4.78 is 13.6. The number of rotatable bonds is 5. The van der Waals surface area contributed by atoms with Crippen LogP contribution < -0.4 is 11.1 Å². The smallest absolute Gasteiger partial charge is 0.143 e. The van der Waals surface area contributed by atoms with Crippen LogP contribution in [0.2, 0.25) is 0 Å². The molecule has 110 valence electrons. The summed E-state index contributed by atoms with van der Waals surface area (Å²) in [6.45, 7) is 7.28. The SMILES string of the molecule is C=CCC[C@H](c1cc(F)cc(N)c1O)N1CCNCC1. The van der Waals surface area contributed by atoms with Gasteiger partial charge in [-0.2, -0.15) is 0 Å². The molecule has 2 rings (SSSR count). The highest BCUT2D eigenvalue weighted by atomic mass is 19.1. The van der Waals surface area contributed by atoms with Crippen LogP contribution in [0.3, 0.4) is 0 Å². The van der Waals surface area contributed by atoms with Crippen molar-refractivity contribution in [2.24, 2.45) is 0 Å². The molecule has 0 unspecified atom stereocenters. The summed E-state index contributed by atoms with van der Waals surface area (Å²) in [4.78, 5) is 2.26. The van der Waals surface area contributed by atoms with Gasteiger partial charge < -0.3 is 16.2 Å². The Morgan fingerprint density at radius 1 is 1.45 bits per heavy atom. The zero-order valence-corrected chi connectivity index (χ0v) is 11.6. The molecule has 1 aliphatic rings. The predicted molar refractivity (Wildman–Crippen MR) is 79.1 cm³/mol. The van der Waals surface area contributed by atoms with Gasteiger partial charge in [-0.3, -0.25) is 4.90 Å². The van der Waals surface area contributed by atoms with Gasteiger partial charge in [0, 0.05) is 43.9 Å². The fourth-order valence-corrected chi connectivity index (χ4v) is 2.70. The van der Waals surface area contributed by atoms with Crippen LogP contribution in [0.1, 0.15) is 24.4 Å². The van der Waals surface area contributed by atoms with Crippen LogP contribution in [0, 0.1) is 5.82 Å². The zero-order valence-electron chi connectivity index (χ0n) is 11.6. The molecule has 0 saturated carbocycles. The molecule has 0 bridgehead atoms. The molecular formula is C15H22FN3O. The van der Waals surface area contributed by atoms with E-state index in [1.165, 1.54) is 6.07 Å². The molecule has 1 aliphatic heterocycles. The van der Waals surface area contributed by atoms with E-state index in [-0.39, 0.29) is 17.5 Å². The summed E-state index contributed by atoms with van der Waals surface area (Å²) in [7, 11) is 0. The van der Waals surface area contributed by atoms with Crippen molar-refractivity contribution >= 4 is 5.69 Å². The van der Waals surface area contributed by atoms with E-state index < -0.39 is 5.82 Å². The van der Waals surface area contributed by atoms with Gasteiger partial charge in [-0.15, -0.1) is 6.58 Å². The van der Waals surface area contributed by atoms with E-state index in [9.17, 15) is 9.50 Å². The molecule has 4 nitrogen and oxygen atoms in total. The lowest BCUT2D eigenvalue weighted by Crippen LogP contribution is -2.45. The Labute approximate surface area is 119 Å². The van der Waals surface area contributed by atoms with Crippen LogP contribution in [0.15, 0.2) is 24.8 Å². The second kappa shape index (κ2) is 6.72. The Hall–Kier alpha value is -1.59. The average molecular weight is 279 g/mol. The van der Waals surface area contributed by atoms with Crippen LogP contribution in [0.4, 0.5) is 10.1 Å². The first-order valence-corrected chi connectivity index (χ1v) is 6.97. The van der Waals surface area contributed by atoms with Gasteiger partial charge in [-0.25, -0.2) is 4.39 Å². The fourth-order valence-electron chi connectivity index (χ4n) is 2.70. The summed E-state index contributed by atoms with van der Waals surface area (Å²) in [5, 5.41) is 13.5. The number of hydrogen-bond donors (Lipinski definition) is 3. The standard InChI is InChI=1S/C15H22FN3O/c1-2-3-4-14(19-7-5-18-6-8-19)12-9-11(16)10-13(17)15(12)20/h2,9-10,14,18,20H,1,3-8,17H2/t14-/m1/s1. The maximum Gasteiger partial charge on any atom is 0.143 e. The Morgan fingerprint density at radius 3 is 2.80 bits per heavy atom. The number of aromatic hydroxyl groups is 1. The number of benzene rings is 1. The zero-order chi connectivity index (χ0) is 14.5. The molecule has 1 aromatic carbocycles. The number of hydrogen-bond acceptors (Lipinski definition) is 4. The van der Waals surface area contributed by atoms with E-state index in [1.54, 1.807) is 0 Å². The van der Waals surface area contributed by atoms with E-state index in [0.29, 0.717) is 5.56 Å². The van der Waals surface area contributed by atoms with Gasteiger partial charge in [-0.1, -0.05) is 6.08 Å². The van der Waals surface area contributed by atoms with E-state index in [1.807, 2.05) is 6.08 Å². The molecule has 0 amide bonds. The van der Waals surface area contributed by atoms with Gasteiger partial charge in [0.25, 0.3) is 0 Å². The lowest BCUT2D eigenvalue weighted by Gasteiger charge is -2.35. The Balaban J connectivity index is 2.31. The minimum absolute atomic E-state index is 0.000931. The van der Waals surface area contributed by atoms with Crippen molar-refractivity contribution in [1.82, 2.24) is 10.2 Å². The minimum Gasteiger partial charge on any atom is -0.505 e. The van der Waals surface area contributed by atoms with Crippen molar-refractivity contribution in [3.63, 3.8) is 0 Å². The Morgan fingerprint density at radius 2 is 2.15 bits per heavy atom. The highest BCUT2D eigenvalue weighted by Gasteiger charge is 2.25. The van der Waals surface area contributed by atoms with E-state index in [2.05, 4.69) is 16.8 Å². The maximum absolute atomic E-state index is 13.6. The van der Waals surface area contributed by atoms with Crippen LogP contribution in [0.5, 0.6) is 5.75 Å². The molecule has 5 heteroatoms. The molecule has 1 atom stereocenters. The van der Waals surface area contributed by atoms with Crippen molar-refractivity contribution in [2.75, 3.05) is 31.9 Å².